The molecule has 5 heteroatoms. The Hall–Kier alpha value is -0.770. The molecule has 19 heavy (non-hydrogen) atoms. The monoisotopic (exact) mass is 299 g/mol. The molecule has 2 rings (SSSR count). The third kappa shape index (κ3) is 3.04. The van der Waals surface area contributed by atoms with Gasteiger partial charge in [0, 0.05) is 19.0 Å². The van der Waals surface area contributed by atoms with Crippen molar-refractivity contribution in [2.45, 2.75) is 45.7 Å². The highest BCUT2D eigenvalue weighted by Crippen LogP contribution is 2.28. The average molecular weight is 300 g/mol. The Bertz CT molecular complexity index is 578. The fourth-order valence-corrected chi connectivity index (χ4v) is 2.47. The molecule has 0 spiro atoms. The first-order valence-electron chi connectivity index (χ1n) is 6.66. The molecular formula is C14H19Cl2N3. The maximum absolute atomic E-state index is 6.11. The summed E-state index contributed by atoms with van der Waals surface area (Å²) in [4.78, 5) is 4.66. The third-order valence-electron chi connectivity index (χ3n) is 3.28. The molecule has 1 heterocycles. The molecule has 3 nitrogen and oxygen atoms in total. The van der Waals surface area contributed by atoms with Crippen LogP contribution in [-0.4, -0.2) is 15.6 Å². The highest BCUT2D eigenvalue weighted by atomic mass is 35.5. The van der Waals surface area contributed by atoms with E-state index in [9.17, 15) is 0 Å². The standard InChI is InChI=1S/C14H19Cl2N3/c1-3-5-14-18-12-6-10(15)11(16)7-13(12)19(14)8-9(17)4-2/h6-7,9H,3-5,8,17H2,1-2H3. The Labute approximate surface area is 123 Å². The van der Waals surface area contributed by atoms with E-state index >= 15 is 0 Å². The van der Waals surface area contributed by atoms with E-state index in [1.807, 2.05) is 12.1 Å². The van der Waals surface area contributed by atoms with Crippen molar-refractivity contribution in [3.05, 3.63) is 28.0 Å². The number of aromatic nitrogens is 2. The first kappa shape index (κ1) is 14.6. The van der Waals surface area contributed by atoms with E-state index in [0.717, 1.165) is 42.7 Å². The highest BCUT2D eigenvalue weighted by Gasteiger charge is 2.14. The fourth-order valence-electron chi connectivity index (χ4n) is 2.15. The van der Waals surface area contributed by atoms with Crippen LogP contribution in [0.15, 0.2) is 12.1 Å². The smallest absolute Gasteiger partial charge is 0.109 e. The molecule has 0 aliphatic carbocycles. The van der Waals surface area contributed by atoms with Crippen molar-refractivity contribution >= 4 is 34.2 Å². The van der Waals surface area contributed by atoms with Gasteiger partial charge >= 0.3 is 0 Å². The van der Waals surface area contributed by atoms with Crippen LogP contribution >= 0.6 is 23.2 Å². The number of fused-ring (bicyclic) bond motifs is 1. The van der Waals surface area contributed by atoms with E-state index in [1.54, 1.807) is 0 Å². The molecule has 0 saturated carbocycles. The summed E-state index contributed by atoms with van der Waals surface area (Å²) in [6, 6.07) is 3.84. The van der Waals surface area contributed by atoms with Gasteiger partial charge in [-0.05, 0) is 25.0 Å². The first-order chi connectivity index (χ1) is 9.06. The molecule has 0 bridgehead atoms. The van der Waals surface area contributed by atoms with Gasteiger partial charge in [0.2, 0.25) is 0 Å². The zero-order chi connectivity index (χ0) is 14.0. The Morgan fingerprint density at radius 2 is 1.95 bits per heavy atom. The second kappa shape index (κ2) is 6.12. The number of nitrogens with two attached hydrogens (primary N) is 1. The molecule has 0 fully saturated rings. The molecule has 1 atom stereocenters. The molecule has 0 saturated heterocycles. The van der Waals surface area contributed by atoms with Crippen molar-refractivity contribution in [3.63, 3.8) is 0 Å². The van der Waals surface area contributed by atoms with Gasteiger partial charge in [0.1, 0.15) is 5.82 Å². The number of halogens is 2. The van der Waals surface area contributed by atoms with Gasteiger partial charge in [0.05, 0.1) is 21.1 Å². The lowest BCUT2D eigenvalue weighted by atomic mass is 10.2. The summed E-state index contributed by atoms with van der Waals surface area (Å²) in [7, 11) is 0. The van der Waals surface area contributed by atoms with Gasteiger partial charge in [-0.1, -0.05) is 37.0 Å². The van der Waals surface area contributed by atoms with Crippen LogP contribution in [0.1, 0.15) is 32.5 Å². The predicted molar refractivity (Wildman–Crippen MR) is 82.0 cm³/mol. The lowest BCUT2D eigenvalue weighted by Crippen LogP contribution is -2.26. The zero-order valence-electron chi connectivity index (χ0n) is 11.3. The van der Waals surface area contributed by atoms with Gasteiger partial charge < -0.3 is 10.3 Å². The SMILES string of the molecule is CCCc1nc2cc(Cl)c(Cl)cc2n1CC(N)CC. The van der Waals surface area contributed by atoms with Crippen LogP contribution in [-0.2, 0) is 13.0 Å². The summed E-state index contributed by atoms with van der Waals surface area (Å²) >= 11 is 12.2. The third-order valence-corrected chi connectivity index (χ3v) is 4.01. The van der Waals surface area contributed by atoms with Crippen LogP contribution < -0.4 is 5.73 Å². The van der Waals surface area contributed by atoms with Crippen molar-refractivity contribution < 1.29 is 0 Å². The summed E-state index contributed by atoms with van der Waals surface area (Å²) in [5, 5.41) is 1.10. The van der Waals surface area contributed by atoms with Gasteiger partial charge in [0.25, 0.3) is 0 Å². The molecular weight excluding hydrogens is 281 g/mol. The lowest BCUT2D eigenvalue weighted by molar-refractivity contribution is 0.531. The van der Waals surface area contributed by atoms with Crippen LogP contribution in [0.25, 0.3) is 11.0 Å². The van der Waals surface area contributed by atoms with E-state index in [1.165, 1.54) is 0 Å². The maximum Gasteiger partial charge on any atom is 0.109 e. The number of benzene rings is 1. The van der Waals surface area contributed by atoms with Gasteiger partial charge in [-0.3, -0.25) is 0 Å². The fraction of sp³-hybridized carbons (Fsp3) is 0.500. The Morgan fingerprint density at radius 3 is 2.58 bits per heavy atom. The molecule has 0 amide bonds. The van der Waals surface area contributed by atoms with Crippen LogP contribution in [0.3, 0.4) is 0 Å². The second-order valence-corrected chi connectivity index (χ2v) is 5.63. The zero-order valence-corrected chi connectivity index (χ0v) is 12.8. The number of imidazole rings is 1. The number of hydrogen-bond acceptors (Lipinski definition) is 2. The van der Waals surface area contributed by atoms with Crippen molar-refractivity contribution in [1.82, 2.24) is 9.55 Å². The van der Waals surface area contributed by atoms with E-state index < -0.39 is 0 Å². The van der Waals surface area contributed by atoms with Crippen molar-refractivity contribution in [2.24, 2.45) is 5.73 Å². The minimum Gasteiger partial charge on any atom is -0.326 e. The summed E-state index contributed by atoms with van der Waals surface area (Å²) in [5.41, 5.74) is 7.99. The van der Waals surface area contributed by atoms with E-state index in [4.69, 9.17) is 28.9 Å². The molecule has 1 unspecified atom stereocenters. The average Bonchev–Trinajstić information content (AvgIpc) is 2.68. The van der Waals surface area contributed by atoms with E-state index in [2.05, 4.69) is 23.4 Å². The second-order valence-electron chi connectivity index (χ2n) is 4.81. The molecule has 1 aromatic heterocycles. The number of nitrogens with zero attached hydrogens (tertiary/aromatic N) is 2. The lowest BCUT2D eigenvalue weighted by Gasteiger charge is -2.13. The number of rotatable bonds is 5. The largest absolute Gasteiger partial charge is 0.326 e. The normalized spacial score (nSPS) is 13.1. The highest BCUT2D eigenvalue weighted by molar-refractivity contribution is 6.42. The molecule has 1 aromatic carbocycles. The Kier molecular flexibility index (Phi) is 4.71. The molecule has 0 radical (unpaired) electrons. The topological polar surface area (TPSA) is 43.8 Å². The van der Waals surface area contributed by atoms with Gasteiger partial charge in [-0.15, -0.1) is 0 Å². The quantitative estimate of drug-likeness (QED) is 0.906. The van der Waals surface area contributed by atoms with Crippen LogP contribution in [0.5, 0.6) is 0 Å². The minimum absolute atomic E-state index is 0.127. The molecule has 0 aliphatic rings. The van der Waals surface area contributed by atoms with Crippen molar-refractivity contribution in [1.29, 1.82) is 0 Å². The molecule has 0 aliphatic heterocycles. The van der Waals surface area contributed by atoms with Gasteiger partial charge in [-0.2, -0.15) is 0 Å². The van der Waals surface area contributed by atoms with Crippen molar-refractivity contribution in [3.8, 4) is 0 Å². The first-order valence-corrected chi connectivity index (χ1v) is 7.42. The number of hydrogen-bond donors (Lipinski definition) is 1. The minimum atomic E-state index is 0.127. The summed E-state index contributed by atoms with van der Waals surface area (Å²) in [5.74, 6) is 1.06. The predicted octanol–water partition coefficient (Wildman–Crippen LogP) is 4.03. The van der Waals surface area contributed by atoms with Crippen molar-refractivity contribution in [2.75, 3.05) is 0 Å². The number of aryl methyl sites for hydroxylation is 1. The molecule has 2 N–H and O–H groups in total. The van der Waals surface area contributed by atoms with Gasteiger partial charge in [-0.25, -0.2) is 4.98 Å². The summed E-state index contributed by atoms with van der Waals surface area (Å²) in [6.45, 7) is 5.00. The summed E-state index contributed by atoms with van der Waals surface area (Å²) < 4.78 is 2.18. The molecule has 2 aromatic rings. The van der Waals surface area contributed by atoms with Crippen LogP contribution in [0, 0.1) is 0 Å². The van der Waals surface area contributed by atoms with E-state index in [0.29, 0.717) is 10.0 Å². The van der Waals surface area contributed by atoms with Gasteiger partial charge in [0.15, 0.2) is 0 Å². The maximum atomic E-state index is 6.11. The Balaban J connectivity index is 2.55. The summed E-state index contributed by atoms with van der Waals surface area (Å²) in [6.07, 6.45) is 2.92. The molecule has 104 valence electrons. The Morgan fingerprint density at radius 1 is 1.26 bits per heavy atom. The van der Waals surface area contributed by atoms with Crippen LogP contribution in [0.2, 0.25) is 10.0 Å². The van der Waals surface area contributed by atoms with E-state index in [-0.39, 0.29) is 6.04 Å². The van der Waals surface area contributed by atoms with Crippen LogP contribution in [0.4, 0.5) is 0 Å².